The second-order valence-corrected chi connectivity index (χ2v) is 11.3. The number of carbonyl (C=O) groups excluding carboxylic acids is 2. The highest BCUT2D eigenvalue weighted by molar-refractivity contribution is 6.14. The molecule has 1 saturated heterocycles. The molecule has 0 spiro atoms. The minimum atomic E-state index is -0.654. The summed E-state index contributed by atoms with van der Waals surface area (Å²) in [6.45, 7) is 7.53. The lowest BCUT2D eigenvalue weighted by molar-refractivity contribution is -0.121. The molecule has 0 saturated carbocycles. The highest BCUT2D eigenvalue weighted by atomic mass is 16.6. The normalized spacial score (nSPS) is 20.1. The molecule has 6 rings (SSSR count). The zero-order valence-corrected chi connectivity index (χ0v) is 23.3. The van der Waals surface area contributed by atoms with Gasteiger partial charge in [-0.2, -0.15) is 0 Å². The van der Waals surface area contributed by atoms with Crippen molar-refractivity contribution < 1.29 is 28.5 Å². The summed E-state index contributed by atoms with van der Waals surface area (Å²) in [6, 6.07) is 14.7. The molecule has 2 aromatic carbocycles. The van der Waals surface area contributed by atoms with E-state index < -0.39 is 17.7 Å². The van der Waals surface area contributed by atoms with Crippen molar-refractivity contribution in [3.8, 4) is 11.6 Å². The maximum absolute atomic E-state index is 14.0. The van der Waals surface area contributed by atoms with Crippen LogP contribution in [0.3, 0.4) is 0 Å². The summed E-state index contributed by atoms with van der Waals surface area (Å²) in [5, 5.41) is 0.931. The topological polar surface area (TPSA) is 93.7 Å². The van der Waals surface area contributed by atoms with E-state index in [1.54, 1.807) is 16.9 Å². The van der Waals surface area contributed by atoms with Crippen LogP contribution >= 0.6 is 0 Å². The summed E-state index contributed by atoms with van der Waals surface area (Å²) in [6.07, 6.45) is -0.437. The van der Waals surface area contributed by atoms with Gasteiger partial charge in [-0.1, -0.05) is 30.3 Å². The van der Waals surface area contributed by atoms with E-state index in [9.17, 15) is 9.59 Å². The average molecular weight is 547 g/mol. The van der Waals surface area contributed by atoms with Crippen LogP contribution in [0.1, 0.15) is 26.3 Å². The summed E-state index contributed by atoms with van der Waals surface area (Å²) in [5.41, 5.74) is 2.72. The van der Waals surface area contributed by atoms with Gasteiger partial charge >= 0.3 is 6.09 Å². The number of nitrogens with zero attached hydrogens (tertiary/aromatic N) is 4. The summed E-state index contributed by atoms with van der Waals surface area (Å²) in [4.78, 5) is 37.5. The number of methoxy groups -OCH3 is 1. The number of amides is 2. The van der Waals surface area contributed by atoms with Crippen LogP contribution in [0, 0.1) is 0 Å². The molecule has 2 atom stereocenters. The second-order valence-electron chi connectivity index (χ2n) is 11.3. The Balaban J connectivity index is 1.38. The number of fused-ring (bicyclic) bond motifs is 4. The molecular weight excluding hydrogens is 512 g/mol. The predicted molar refractivity (Wildman–Crippen MR) is 150 cm³/mol. The minimum Gasteiger partial charge on any atom is -0.497 e. The van der Waals surface area contributed by atoms with Crippen molar-refractivity contribution in [1.82, 2.24) is 9.88 Å². The molecule has 3 aliphatic rings. The van der Waals surface area contributed by atoms with Gasteiger partial charge in [-0.05, 0) is 44.5 Å². The smallest absolute Gasteiger partial charge is 0.410 e. The van der Waals surface area contributed by atoms with Crippen molar-refractivity contribution in [2.24, 2.45) is 0 Å². The van der Waals surface area contributed by atoms with Crippen molar-refractivity contribution in [1.29, 1.82) is 0 Å². The van der Waals surface area contributed by atoms with E-state index in [1.165, 1.54) is 0 Å². The van der Waals surface area contributed by atoms with Gasteiger partial charge < -0.3 is 33.6 Å². The number of pyridine rings is 1. The molecular formula is C30H34N4O6. The molecule has 0 radical (unpaired) electrons. The fraction of sp³-hybridized carbons (Fsp3) is 0.433. The van der Waals surface area contributed by atoms with Gasteiger partial charge in [0.05, 0.1) is 50.7 Å². The Bertz CT molecular complexity index is 1440. The quantitative estimate of drug-likeness (QED) is 0.474. The molecule has 3 aliphatic heterocycles. The van der Waals surface area contributed by atoms with Crippen molar-refractivity contribution in [2.75, 3.05) is 49.8 Å². The SMILES string of the molecule is COc1ccc(COCC2CN(C(=O)OC(C)(C)C)CC3C(=O)N4CCOc5nc6ccccc6c(c54)N23)cc1. The Morgan fingerprint density at radius 3 is 2.60 bits per heavy atom. The zero-order chi connectivity index (χ0) is 28.0. The highest BCUT2D eigenvalue weighted by Gasteiger charge is 2.50. The molecule has 0 aliphatic carbocycles. The van der Waals surface area contributed by atoms with Crippen LogP contribution in [0.5, 0.6) is 11.6 Å². The number of aromatic nitrogens is 1. The van der Waals surface area contributed by atoms with E-state index in [1.807, 2.05) is 69.3 Å². The lowest BCUT2D eigenvalue weighted by Gasteiger charge is -2.52. The fourth-order valence-electron chi connectivity index (χ4n) is 5.66. The summed E-state index contributed by atoms with van der Waals surface area (Å²) >= 11 is 0. The van der Waals surface area contributed by atoms with Crippen LogP contribution in [0.25, 0.3) is 10.9 Å². The van der Waals surface area contributed by atoms with E-state index >= 15 is 0 Å². The first-order valence-corrected chi connectivity index (χ1v) is 13.6. The Hall–Kier alpha value is -4.05. The number of hydrogen-bond acceptors (Lipinski definition) is 8. The number of benzene rings is 2. The fourth-order valence-corrected chi connectivity index (χ4v) is 5.66. The van der Waals surface area contributed by atoms with E-state index in [0.29, 0.717) is 44.5 Å². The summed E-state index contributed by atoms with van der Waals surface area (Å²) in [7, 11) is 1.63. The van der Waals surface area contributed by atoms with Gasteiger partial charge in [-0.25, -0.2) is 9.78 Å². The maximum Gasteiger partial charge on any atom is 0.410 e. The molecule has 10 heteroatoms. The van der Waals surface area contributed by atoms with Gasteiger partial charge in [0.25, 0.3) is 5.91 Å². The van der Waals surface area contributed by atoms with E-state index in [4.69, 9.17) is 23.9 Å². The van der Waals surface area contributed by atoms with Gasteiger partial charge in [0.1, 0.15) is 29.7 Å². The van der Waals surface area contributed by atoms with E-state index in [-0.39, 0.29) is 18.5 Å². The monoisotopic (exact) mass is 546 g/mol. The number of anilines is 2. The average Bonchev–Trinajstić information content (AvgIpc) is 2.94. The second kappa shape index (κ2) is 10.2. The van der Waals surface area contributed by atoms with Crippen molar-refractivity contribution in [3.63, 3.8) is 0 Å². The molecule has 3 aromatic rings. The highest BCUT2D eigenvalue weighted by Crippen LogP contribution is 2.49. The standard InChI is InChI=1S/C30H34N4O6/c1-30(2,3)40-29(36)32-15-20(18-38-17-19-9-11-21(37-4)12-10-19)34-24(16-32)28(35)33-13-14-39-27-26(33)25(34)22-7-5-6-8-23(22)31-27/h5-12,20,24H,13-18H2,1-4H3. The number of rotatable bonds is 5. The van der Waals surface area contributed by atoms with Crippen molar-refractivity contribution >= 4 is 34.3 Å². The van der Waals surface area contributed by atoms with E-state index in [0.717, 1.165) is 27.9 Å². The largest absolute Gasteiger partial charge is 0.497 e. The van der Waals surface area contributed by atoms with Crippen molar-refractivity contribution in [3.05, 3.63) is 54.1 Å². The maximum atomic E-state index is 14.0. The first-order chi connectivity index (χ1) is 19.2. The minimum absolute atomic E-state index is 0.0810. The molecule has 1 aromatic heterocycles. The molecule has 10 nitrogen and oxygen atoms in total. The molecule has 0 bridgehead atoms. The van der Waals surface area contributed by atoms with Gasteiger partial charge in [0.2, 0.25) is 5.88 Å². The molecule has 1 fully saturated rings. The van der Waals surface area contributed by atoms with Gasteiger partial charge in [0, 0.05) is 11.9 Å². The van der Waals surface area contributed by atoms with Crippen molar-refractivity contribution in [2.45, 2.75) is 45.1 Å². The Morgan fingerprint density at radius 2 is 1.85 bits per heavy atom. The molecule has 40 heavy (non-hydrogen) atoms. The third-order valence-electron chi connectivity index (χ3n) is 7.38. The number of ether oxygens (including phenoxy) is 4. The number of piperazine rings is 1. The van der Waals surface area contributed by atoms with Gasteiger partial charge in [-0.15, -0.1) is 0 Å². The molecule has 210 valence electrons. The lowest BCUT2D eigenvalue weighted by atomic mass is 9.96. The zero-order valence-electron chi connectivity index (χ0n) is 23.3. The Labute approximate surface area is 233 Å². The number of para-hydroxylation sites is 1. The first-order valence-electron chi connectivity index (χ1n) is 13.6. The first kappa shape index (κ1) is 26.2. The number of carbonyl (C=O) groups is 2. The van der Waals surface area contributed by atoms with Crippen LogP contribution < -0.4 is 19.3 Å². The van der Waals surface area contributed by atoms with Gasteiger partial charge in [-0.3, -0.25) is 4.79 Å². The van der Waals surface area contributed by atoms with Crippen LogP contribution in [0.4, 0.5) is 16.2 Å². The number of hydrogen-bond donors (Lipinski definition) is 0. The van der Waals surface area contributed by atoms with Crippen LogP contribution in [-0.2, 0) is 20.9 Å². The summed E-state index contributed by atoms with van der Waals surface area (Å²) in [5.74, 6) is 1.15. The Kier molecular flexibility index (Phi) is 6.66. The molecule has 4 heterocycles. The molecule has 0 N–H and O–H groups in total. The Morgan fingerprint density at radius 1 is 1.07 bits per heavy atom. The predicted octanol–water partition coefficient (Wildman–Crippen LogP) is 3.99. The van der Waals surface area contributed by atoms with Crippen LogP contribution in [0.15, 0.2) is 48.5 Å². The molecule has 2 amide bonds. The third kappa shape index (κ3) is 4.77. The van der Waals surface area contributed by atoms with Crippen LogP contribution in [0.2, 0.25) is 0 Å². The third-order valence-corrected chi connectivity index (χ3v) is 7.38. The van der Waals surface area contributed by atoms with E-state index in [2.05, 4.69) is 4.90 Å². The lowest BCUT2D eigenvalue weighted by Crippen LogP contribution is -2.69. The summed E-state index contributed by atoms with van der Waals surface area (Å²) < 4.78 is 23.2. The van der Waals surface area contributed by atoms with Gasteiger partial charge in [0.15, 0.2) is 0 Å². The molecule has 2 unspecified atom stereocenters. The van der Waals surface area contributed by atoms with Crippen LogP contribution in [-0.4, -0.2) is 79.5 Å².